The number of amides is 1. The van der Waals surface area contributed by atoms with Gasteiger partial charge in [-0.25, -0.2) is 0 Å². The van der Waals surface area contributed by atoms with Gasteiger partial charge in [0.25, 0.3) is 0 Å². The molecule has 0 aromatic carbocycles. The molecule has 0 saturated carbocycles. The zero-order chi connectivity index (χ0) is 19.2. The fourth-order valence-corrected chi connectivity index (χ4v) is 3.63. The van der Waals surface area contributed by atoms with E-state index >= 15 is 0 Å². The van der Waals surface area contributed by atoms with E-state index in [1.807, 2.05) is 18.7 Å². The fourth-order valence-electron chi connectivity index (χ4n) is 3.63. The lowest BCUT2D eigenvalue weighted by atomic mass is 9.91. The molecule has 2 saturated heterocycles. The van der Waals surface area contributed by atoms with Gasteiger partial charge in [-0.1, -0.05) is 5.16 Å². The summed E-state index contributed by atoms with van der Waals surface area (Å²) in [7, 11) is 0. The van der Waals surface area contributed by atoms with Crippen molar-refractivity contribution in [1.82, 2.24) is 19.9 Å². The zero-order valence-corrected chi connectivity index (χ0v) is 18.8. The fraction of sp³-hybridized carbons (Fsp3) is 0.833. The molecule has 3 heterocycles. The maximum absolute atomic E-state index is 12.7. The number of ether oxygens (including phenoxy) is 2. The highest BCUT2D eigenvalue weighted by atomic mass is 35.5. The average Bonchev–Trinajstić information content (AvgIpc) is 3.17. The van der Waals surface area contributed by atoms with Gasteiger partial charge in [0.15, 0.2) is 5.82 Å². The molecular weight excluding hydrogens is 421 g/mol. The Bertz CT molecular complexity index is 607. The first kappa shape index (κ1) is 26.1. The first-order valence-electron chi connectivity index (χ1n) is 9.87. The van der Waals surface area contributed by atoms with Gasteiger partial charge in [0, 0.05) is 46.0 Å². The topological polar surface area (TPSA) is 107 Å². The van der Waals surface area contributed by atoms with Crippen LogP contribution in [0, 0.1) is 5.92 Å². The molecule has 2 aliphatic rings. The number of aromatic nitrogens is 2. The van der Waals surface area contributed by atoms with Gasteiger partial charge in [0.1, 0.15) is 6.10 Å². The van der Waals surface area contributed by atoms with E-state index in [1.165, 1.54) is 0 Å². The summed E-state index contributed by atoms with van der Waals surface area (Å²) in [5.74, 6) is 1.44. The van der Waals surface area contributed by atoms with E-state index in [0.29, 0.717) is 51.2 Å². The second kappa shape index (κ2) is 12.7. The molecule has 0 radical (unpaired) electrons. The minimum absolute atomic E-state index is 0. The van der Waals surface area contributed by atoms with E-state index in [1.54, 1.807) is 0 Å². The highest BCUT2D eigenvalue weighted by Gasteiger charge is 2.31. The monoisotopic (exact) mass is 453 g/mol. The number of carbonyl (C=O) groups excluding carboxylic acids is 1. The smallest absolute Gasteiger partial charge is 0.240 e. The molecule has 1 amide bonds. The molecule has 168 valence electrons. The van der Waals surface area contributed by atoms with Crippen molar-refractivity contribution < 1.29 is 18.8 Å². The van der Waals surface area contributed by atoms with Crippen molar-refractivity contribution in [1.29, 1.82) is 0 Å². The van der Waals surface area contributed by atoms with Crippen molar-refractivity contribution in [3.05, 3.63) is 11.7 Å². The third kappa shape index (κ3) is 7.04. The maximum Gasteiger partial charge on any atom is 0.240 e. The van der Waals surface area contributed by atoms with Crippen LogP contribution in [0.4, 0.5) is 0 Å². The van der Waals surface area contributed by atoms with Crippen molar-refractivity contribution in [2.24, 2.45) is 11.7 Å². The molecule has 29 heavy (non-hydrogen) atoms. The summed E-state index contributed by atoms with van der Waals surface area (Å²) in [5, 5.41) is 3.99. The Labute approximate surface area is 184 Å². The van der Waals surface area contributed by atoms with Crippen LogP contribution in [-0.4, -0.2) is 77.9 Å². The number of hydrogen-bond donors (Lipinski definition) is 1. The van der Waals surface area contributed by atoms with Crippen LogP contribution in [-0.2, 0) is 20.8 Å². The van der Waals surface area contributed by atoms with Gasteiger partial charge in [0.05, 0.1) is 12.6 Å². The summed E-state index contributed by atoms with van der Waals surface area (Å²) in [6.07, 6.45) is 1.56. The van der Waals surface area contributed by atoms with E-state index in [9.17, 15) is 4.79 Å². The van der Waals surface area contributed by atoms with Gasteiger partial charge in [0.2, 0.25) is 11.8 Å². The highest BCUT2D eigenvalue weighted by Crippen LogP contribution is 2.20. The molecule has 2 aliphatic heterocycles. The average molecular weight is 454 g/mol. The van der Waals surface area contributed by atoms with Crippen LogP contribution in [0.1, 0.15) is 44.5 Å². The standard InChI is InChI=1S/C18H31N5O4.2ClH/c1-3-26-13(2)17-20-15(27-21-17)12-22-6-8-23(9-7-22)18(24)16(19)14-4-10-25-11-5-14;;/h13-14,16H,3-12,19H2,1-2H3;2*1H. The Balaban J connectivity index is 0.00000210. The van der Waals surface area contributed by atoms with E-state index < -0.39 is 6.04 Å². The van der Waals surface area contributed by atoms with Gasteiger partial charge >= 0.3 is 0 Å². The number of carbonyl (C=O) groups is 1. The van der Waals surface area contributed by atoms with Crippen molar-refractivity contribution in [2.75, 3.05) is 46.0 Å². The Morgan fingerprint density at radius 3 is 2.52 bits per heavy atom. The first-order chi connectivity index (χ1) is 13.1. The molecule has 0 aliphatic carbocycles. The molecule has 9 nitrogen and oxygen atoms in total. The summed E-state index contributed by atoms with van der Waals surface area (Å²) in [6.45, 7) is 9.32. The molecule has 1 aromatic rings. The molecular formula is C18H33Cl2N5O4. The van der Waals surface area contributed by atoms with Gasteiger partial charge in [-0.15, -0.1) is 24.8 Å². The Kier molecular flexibility index (Phi) is 11.4. The molecule has 0 spiro atoms. The lowest BCUT2D eigenvalue weighted by Crippen LogP contribution is -2.55. The van der Waals surface area contributed by atoms with Crippen LogP contribution in [0.3, 0.4) is 0 Å². The van der Waals surface area contributed by atoms with Gasteiger partial charge in [-0.05, 0) is 32.6 Å². The lowest BCUT2D eigenvalue weighted by Gasteiger charge is -2.37. The summed E-state index contributed by atoms with van der Waals surface area (Å²) in [5.41, 5.74) is 6.23. The predicted octanol–water partition coefficient (Wildman–Crippen LogP) is 1.41. The molecule has 0 bridgehead atoms. The molecule has 11 heteroatoms. The second-order valence-corrected chi connectivity index (χ2v) is 7.22. The predicted molar refractivity (Wildman–Crippen MR) is 112 cm³/mol. The van der Waals surface area contributed by atoms with Crippen molar-refractivity contribution in [2.45, 2.75) is 45.4 Å². The van der Waals surface area contributed by atoms with Crippen molar-refractivity contribution in [3.8, 4) is 0 Å². The summed E-state index contributed by atoms with van der Waals surface area (Å²) < 4.78 is 16.2. The van der Waals surface area contributed by atoms with E-state index in [4.69, 9.17) is 19.7 Å². The quantitative estimate of drug-likeness (QED) is 0.659. The highest BCUT2D eigenvalue weighted by molar-refractivity contribution is 5.85. The molecule has 3 rings (SSSR count). The minimum atomic E-state index is -0.418. The Morgan fingerprint density at radius 2 is 1.90 bits per heavy atom. The van der Waals surface area contributed by atoms with Gasteiger partial charge < -0.3 is 24.6 Å². The first-order valence-corrected chi connectivity index (χ1v) is 9.87. The third-order valence-corrected chi connectivity index (χ3v) is 5.37. The van der Waals surface area contributed by atoms with Crippen molar-refractivity contribution in [3.63, 3.8) is 0 Å². The van der Waals surface area contributed by atoms with Crippen LogP contribution in [0.2, 0.25) is 0 Å². The molecule has 2 atom stereocenters. The Morgan fingerprint density at radius 1 is 1.24 bits per heavy atom. The van der Waals surface area contributed by atoms with Crippen molar-refractivity contribution >= 4 is 30.7 Å². The van der Waals surface area contributed by atoms with Crippen LogP contribution in [0.15, 0.2) is 4.52 Å². The van der Waals surface area contributed by atoms with Gasteiger partial charge in [-0.2, -0.15) is 4.98 Å². The third-order valence-electron chi connectivity index (χ3n) is 5.37. The van der Waals surface area contributed by atoms with Crippen LogP contribution in [0.5, 0.6) is 0 Å². The van der Waals surface area contributed by atoms with Crippen LogP contribution in [0.25, 0.3) is 0 Å². The Hall–Kier alpha value is -0.970. The van der Waals surface area contributed by atoms with Crippen LogP contribution >= 0.6 is 24.8 Å². The summed E-state index contributed by atoms with van der Waals surface area (Å²) in [4.78, 5) is 21.2. The summed E-state index contributed by atoms with van der Waals surface area (Å²) in [6, 6.07) is -0.418. The van der Waals surface area contributed by atoms with Gasteiger partial charge in [-0.3, -0.25) is 9.69 Å². The van der Waals surface area contributed by atoms with E-state index in [2.05, 4.69) is 15.0 Å². The lowest BCUT2D eigenvalue weighted by molar-refractivity contribution is -0.136. The SMILES string of the molecule is CCOC(C)c1noc(CN2CCN(C(=O)C(N)C3CCOCC3)CC2)n1.Cl.Cl. The number of halogens is 2. The normalized spacial score (nSPS) is 20.4. The minimum Gasteiger partial charge on any atom is -0.381 e. The van der Waals surface area contributed by atoms with E-state index in [-0.39, 0.29) is 42.7 Å². The largest absolute Gasteiger partial charge is 0.381 e. The second-order valence-electron chi connectivity index (χ2n) is 7.22. The summed E-state index contributed by atoms with van der Waals surface area (Å²) >= 11 is 0. The number of piperazine rings is 1. The number of nitrogens with two attached hydrogens (primary N) is 1. The van der Waals surface area contributed by atoms with E-state index in [0.717, 1.165) is 25.9 Å². The number of rotatable bonds is 7. The zero-order valence-electron chi connectivity index (χ0n) is 17.1. The molecule has 2 unspecified atom stereocenters. The van der Waals surface area contributed by atoms with Crippen LogP contribution < -0.4 is 5.73 Å². The maximum atomic E-state index is 12.7. The molecule has 1 aromatic heterocycles. The molecule has 2 fully saturated rings. The molecule has 2 N–H and O–H groups in total. The number of hydrogen-bond acceptors (Lipinski definition) is 8. The number of nitrogens with zero attached hydrogens (tertiary/aromatic N) is 4.